The van der Waals surface area contributed by atoms with Gasteiger partial charge >= 0.3 is 0 Å². The summed E-state index contributed by atoms with van der Waals surface area (Å²) in [5.41, 5.74) is 4.44. The van der Waals surface area contributed by atoms with Gasteiger partial charge in [0.25, 0.3) is 5.91 Å². The van der Waals surface area contributed by atoms with Crippen molar-refractivity contribution in [2.45, 2.75) is 6.04 Å². The van der Waals surface area contributed by atoms with Gasteiger partial charge in [0.05, 0.1) is 29.6 Å². The third-order valence-corrected chi connectivity index (χ3v) is 6.26. The van der Waals surface area contributed by atoms with Gasteiger partial charge in [-0.1, -0.05) is 0 Å². The maximum atomic E-state index is 12.4. The molecule has 0 aliphatic carbocycles. The van der Waals surface area contributed by atoms with Gasteiger partial charge in [-0.15, -0.1) is 11.3 Å². The van der Waals surface area contributed by atoms with Crippen molar-refractivity contribution in [3.05, 3.63) is 47.3 Å². The van der Waals surface area contributed by atoms with E-state index in [1.54, 1.807) is 22.6 Å². The number of nitrogens with zero attached hydrogens (tertiary/aromatic N) is 7. The molecule has 0 unspecified atom stereocenters. The highest BCUT2D eigenvalue weighted by Crippen LogP contribution is 2.35. The minimum absolute atomic E-state index is 0.221. The van der Waals surface area contributed by atoms with E-state index in [1.165, 1.54) is 11.3 Å². The minimum Gasteiger partial charge on any atom is -0.353 e. The van der Waals surface area contributed by atoms with Gasteiger partial charge in [-0.3, -0.25) is 14.5 Å². The number of thiazole rings is 1. The Morgan fingerprint density at radius 3 is 2.74 bits per heavy atom. The molecule has 1 fully saturated rings. The number of amides is 1. The first-order valence-electron chi connectivity index (χ1n) is 9.89. The van der Waals surface area contributed by atoms with Crippen molar-refractivity contribution >= 4 is 39.8 Å². The summed E-state index contributed by atoms with van der Waals surface area (Å²) in [4.78, 5) is 30.7. The second-order valence-corrected chi connectivity index (χ2v) is 8.75. The van der Waals surface area contributed by atoms with E-state index < -0.39 is 0 Å². The number of pyridine rings is 2. The molecule has 0 saturated carbocycles. The monoisotopic (exact) mass is 434 g/mol. The number of aromatic nitrogens is 5. The van der Waals surface area contributed by atoms with Crippen LogP contribution in [0.25, 0.3) is 22.0 Å². The fourth-order valence-corrected chi connectivity index (χ4v) is 4.13. The number of aryl methyl sites for hydroxylation is 1. The molecule has 0 atom stereocenters. The average Bonchev–Trinajstić information content (AvgIpc) is 3.38. The summed E-state index contributed by atoms with van der Waals surface area (Å²) < 4.78 is 1.79. The molecule has 158 valence electrons. The van der Waals surface area contributed by atoms with Gasteiger partial charge in [0.1, 0.15) is 16.5 Å². The molecule has 4 aromatic rings. The largest absolute Gasteiger partial charge is 0.353 e. The van der Waals surface area contributed by atoms with Crippen molar-refractivity contribution in [2.24, 2.45) is 7.05 Å². The summed E-state index contributed by atoms with van der Waals surface area (Å²) in [5.74, 6) is 1.19. The van der Waals surface area contributed by atoms with E-state index in [1.807, 2.05) is 25.5 Å². The Morgan fingerprint density at radius 1 is 1.23 bits per heavy atom. The van der Waals surface area contributed by atoms with Crippen LogP contribution in [0.3, 0.4) is 0 Å². The second kappa shape index (κ2) is 7.71. The summed E-state index contributed by atoms with van der Waals surface area (Å²) >= 11 is 1.29. The van der Waals surface area contributed by atoms with Crippen molar-refractivity contribution in [3.8, 4) is 11.1 Å². The maximum absolute atomic E-state index is 12.4. The highest BCUT2D eigenvalue weighted by molar-refractivity contribution is 7.11. The molecule has 1 aliphatic rings. The average molecular weight is 435 g/mol. The molecule has 5 heterocycles. The third kappa shape index (κ3) is 3.75. The Labute approximate surface area is 183 Å². The normalized spacial score (nSPS) is 14.3. The lowest BCUT2D eigenvalue weighted by molar-refractivity contribution is 0.103. The van der Waals surface area contributed by atoms with E-state index in [-0.39, 0.29) is 5.91 Å². The van der Waals surface area contributed by atoms with E-state index >= 15 is 0 Å². The second-order valence-electron chi connectivity index (χ2n) is 7.87. The summed E-state index contributed by atoms with van der Waals surface area (Å²) in [5, 5.41) is 8.08. The standard InChI is InChI=1S/C21H22N8OS/c1-27(2)15-10-29(11-15)20-16(14-6-24-28(3)9-14)4-13-5-19(23-7-17(13)25-20)26-21(30)18-8-22-12-31-18/h4-9,12,15H,10-11H2,1-3H3,(H,23,26,30). The SMILES string of the molecule is CN(C)C1CN(c2nc3cnc(NC(=O)c4cncs4)cc3cc2-c2cnn(C)c2)C1. The van der Waals surface area contributed by atoms with Crippen molar-refractivity contribution in [2.75, 3.05) is 37.4 Å². The van der Waals surface area contributed by atoms with Crippen molar-refractivity contribution in [1.82, 2.24) is 29.6 Å². The first kappa shape index (κ1) is 19.6. The number of rotatable bonds is 5. The predicted octanol–water partition coefficient (Wildman–Crippen LogP) is 2.49. The van der Waals surface area contributed by atoms with Crippen LogP contribution in [-0.4, -0.2) is 68.8 Å². The van der Waals surface area contributed by atoms with Gasteiger partial charge in [-0.05, 0) is 26.2 Å². The number of fused-ring (bicyclic) bond motifs is 1. The fraction of sp³-hybridized carbons (Fsp3) is 0.286. The predicted molar refractivity (Wildman–Crippen MR) is 121 cm³/mol. The highest BCUT2D eigenvalue weighted by atomic mass is 32.1. The Balaban J connectivity index is 1.52. The van der Waals surface area contributed by atoms with Crippen LogP contribution in [-0.2, 0) is 7.05 Å². The van der Waals surface area contributed by atoms with Crippen molar-refractivity contribution < 1.29 is 4.79 Å². The van der Waals surface area contributed by atoms with Crippen LogP contribution < -0.4 is 10.2 Å². The van der Waals surface area contributed by atoms with E-state index in [0.29, 0.717) is 16.7 Å². The van der Waals surface area contributed by atoms with Gasteiger partial charge in [0, 0.05) is 48.9 Å². The van der Waals surface area contributed by atoms with Crippen LogP contribution in [0.1, 0.15) is 9.67 Å². The maximum Gasteiger partial charge on any atom is 0.268 e. The molecule has 1 amide bonds. The number of hydrogen-bond acceptors (Lipinski definition) is 8. The molecule has 1 saturated heterocycles. The van der Waals surface area contributed by atoms with Crippen LogP contribution in [0, 0.1) is 0 Å². The molecule has 4 aromatic heterocycles. The zero-order valence-electron chi connectivity index (χ0n) is 17.5. The Hall–Kier alpha value is -3.37. The zero-order chi connectivity index (χ0) is 21.5. The van der Waals surface area contributed by atoms with E-state index in [2.05, 4.69) is 50.3 Å². The molecule has 0 aromatic carbocycles. The van der Waals surface area contributed by atoms with E-state index in [9.17, 15) is 4.79 Å². The van der Waals surface area contributed by atoms with Crippen LogP contribution in [0.2, 0.25) is 0 Å². The first-order chi connectivity index (χ1) is 15.0. The van der Waals surface area contributed by atoms with Crippen LogP contribution in [0.4, 0.5) is 11.6 Å². The molecule has 0 radical (unpaired) electrons. The summed E-state index contributed by atoms with van der Waals surface area (Å²) in [6, 6.07) is 4.47. The van der Waals surface area contributed by atoms with Gasteiger partial charge in [-0.2, -0.15) is 5.10 Å². The summed E-state index contributed by atoms with van der Waals surface area (Å²) in [6.07, 6.45) is 7.09. The number of carbonyl (C=O) groups is 1. The Bertz CT molecular complexity index is 1240. The molecule has 5 rings (SSSR count). The van der Waals surface area contributed by atoms with Gasteiger partial charge < -0.3 is 15.1 Å². The fourth-order valence-electron chi connectivity index (χ4n) is 3.61. The van der Waals surface area contributed by atoms with Crippen molar-refractivity contribution in [3.63, 3.8) is 0 Å². The van der Waals surface area contributed by atoms with E-state index in [4.69, 9.17) is 4.98 Å². The quantitative estimate of drug-likeness (QED) is 0.516. The number of nitrogens with one attached hydrogen (secondary N) is 1. The number of hydrogen-bond donors (Lipinski definition) is 1. The highest BCUT2D eigenvalue weighted by Gasteiger charge is 2.31. The molecular weight excluding hydrogens is 412 g/mol. The Kier molecular flexibility index (Phi) is 4.87. The van der Waals surface area contributed by atoms with Gasteiger partial charge in [-0.25, -0.2) is 9.97 Å². The number of likely N-dealkylation sites (N-methyl/N-ethyl adjacent to an activating group) is 1. The molecule has 1 N–H and O–H groups in total. The van der Waals surface area contributed by atoms with Crippen LogP contribution in [0.15, 0.2) is 42.4 Å². The Morgan fingerprint density at radius 2 is 2.06 bits per heavy atom. The molecule has 0 spiro atoms. The van der Waals surface area contributed by atoms with Gasteiger partial charge in [0.2, 0.25) is 0 Å². The lowest BCUT2D eigenvalue weighted by Crippen LogP contribution is -2.57. The minimum atomic E-state index is -0.221. The van der Waals surface area contributed by atoms with Crippen LogP contribution >= 0.6 is 11.3 Å². The summed E-state index contributed by atoms with van der Waals surface area (Å²) in [7, 11) is 6.11. The lowest BCUT2D eigenvalue weighted by Gasteiger charge is -2.44. The molecule has 9 nitrogen and oxygen atoms in total. The van der Waals surface area contributed by atoms with Crippen LogP contribution in [0.5, 0.6) is 0 Å². The molecule has 31 heavy (non-hydrogen) atoms. The molecule has 10 heteroatoms. The summed E-state index contributed by atoms with van der Waals surface area (Å²) in [6.45, 7) is 1.85. The smallest absolute Gasteiger partial charge is 0.268 e. The first-order valence-corrected chi connectivity index (χ1v) is 10.8. The zero-order valence-corrected chi connectivity index (χ0v) is 18.3. The topological polar surface area (TPSA) is 92.1 Å². The number of carbonyl (C=O) groups excluding carboxylic acids is 1. The molecular formula is C21H22N8OS. The molecule has 1 aliphatic heterocycles. The lowest BCUT2D eigenvalue weighted by atomic mass is 10.0. The van der Waals surface area contributed by atoms with E-state index in [0.717, 1.165) is 40.9 Å². The van der Waals surface area contributed by atoms with Crippen molar-refractivity contribution in [1.29, 1.82) is 0 Å². The van der Waals surface area contributed by atoms with Gasteiger partial charge in [0.15, 0.2) is 0 Å². The number of anilines is 2. The molecule has 0 bridgehead atoms. The third-order valence-electron chi connectivity index (χ3n) is 5.49.